The van der Waals surface area contributed by atoms with Crippen molar-refractivity contribution < 1.29 is 14.3 Å². The zero-order valence-electron chi connectivity index (χ0n) is 12.9. The lowest BCUT2D eigenvalue weighted by molar-refractivity contribution is -0.152. The summed E-state index contributed by atoms with van der Waals surface area (Å²) in [5.74, 6) is 1.38. The van der Waals surface area contributed by atoms with E-state index in [1.165, 1.54) is 6.42 Å². The van der Waals surface area contributed by atoms with E-state index < -0.39 is 6.04 Å². The van der Waals surface area contributed by atoms with Gasteiger partial charge in [0.25, 0.3) is 0 Å². The maximum Gasteiger partial charge on any atom is 0.328 e. The lowest BCUT2D eigenvalue weighted by Crippen LogP contribution is -2.49. The average molecular weight is 281 g/mol. The van der Waals surface area contributed by atoms with Crippen molar-refractivity contribution in [1.29, 1.82) is 0 Å². The molecule has 0 bridgehead atoms. The molecule has 2 aliphatic rings. The molecule has 2 rings (SSSR count). The Hall–Kier alpha value is -1.06. The third-order valence-corrected chi connectivity index (χ3v) is 4.84. The Labute approximate surface area is 121 Å². The smallest absolute Gasteiger partial charge is 0.328 e. The molecule has 1 saturated heterocycles. The first-order valence-corrected chi connectivity index (χ1v) is 7.96. The topological polar surface area (TPSA) is 55.4 Å². The maximum absolute atomic E-state index is 12.6. The van der Waals surface area contributed by atoms with Gasteiger partial charge in [-0.15, -0.1) is 0 Å². The number of hydrogen-bond acceptors (Lipinski definition) is 3. The third kappa shape index (κ3) is 3.53. The van der Waals surface area contributed by atoms with Gasteiger partial charge in [-0.2, -0.15) is 0 Å². The first-order valence-electron chi connectivity index (χ1n) is 7.96. The summed E-state index contributed by atoms with van der Waals surface area (Å²) in [7, 11) is 0. The van der Waals surface area contributed by atoms with Gasteiger partial charge >= 0.3 is 5.97 Å². The normalized spacial score (nSPS) is 34.7. The van der Waals surface area contributed by atoms with E-state index in [0.717, 1.165) is 19.3 Å². The Morgan fingerprint density at radius 3 is 2.70 bits per heavy atom. The molecule has 0 aromatic carbocycles. The molecule has 1 saturated carbocycles. The molecule has 0 aromatic heterocycles. The van der Waals surface area contributed by atoms with Gasteiger partial charge in [0.2, 0.25) is 5.91 Å². The lowest BCUT2D eigenvalue weighted by Gasteiger charge is -2.37. The number of ether oxygens (including phenoxy) is 1. The summed E-state index contributed by atoms with van der Waals surface area (Å²) in [6.07, 6.45) is 4.81. The van der Waals surface area contributed by atoms with Crippen molar-refractivity contribution in [3.8, 4) is 0 Å². The Balaban J connectivity index is 1.99. The van der Waals surface area contributed by atoms with Gasteiger partial charge in [0.1, 0.15) is 6.04 Å². The van der Waals surface area contributed by atoms with Gasteiger partial charge in [0.05, 0.1) is 6.61 Å². The van der Waals surface area contributed by atoms with Gasteiger partial charge < -0.3 is 10.1 Å². The summed E-state index contributed by atoms with van der Waals surface area (Å²) >= 11 is 0. The molecule has 4 nitrogen and oxygen atoms in total. The van der Waals surface area contributed by atoms with Crippen molar-refractivity contribution in [3.05, 3.63) is 0 Å². The molecular formula is C16H27NO3. The van der Waals surface area contributed by atoms with Crippen LogP contribution >= 0.6 is 0 Å². The summed E-state index contributed by atoms with van der Waals surface area (Å²) in [6, 6.07) is -0.429. The first kappa shape index (κ1) is 15.3. The number of cyclic esters (lactones) is 1. The molecule has 1 amide bonds. The molecule has 2 fully saturated rings. The van der Waals surface area contributed by atoms with Crippen LogP contribution in [0, 0.1) is 23.7 Å². The zero-order chi connectivity index (χ0) is 14.7. The number of nitrogens with one attached hydrogen (secondary N) is 1. The van der Waals surface area contributed by atoms with E-state index in [2.05, 4.69) is 26.1 Å². The van der Waals surface area contributed by atoms with Crippen LogP contribution in [0.3, 0.4) is 0 Å². The molecule has 20 heavy (non-hydrogen) atoms. The quantitative estimate of drug-likeness (QED) is 0.809. The van der Waals surface area contributed by atoms with Crippen LogP contribution in [0.2, 0.25) is 0 Å². The van der Waals surface area contributed by atoms with E-state index in [1.54, 1.807) is 0 Å². The fraction of sp³-hybridized carbons (Fsp3) is 0.875. The Morgan fingerprint density at radius 2 is 2.05 bits per heavy atom. The summed E-state index contributed by atoms with van der Waals surface area (Å²) in [5, 5.41) is 2.93. The van der Waals surface area contributed by atoms with Crippen LogP contribution in [0.15, 0.2) is 0 Å². The van der Waals surface area contributed by atoms with E-state index in [0.29, 0.717) is 30.8 Å². The average Bonchev–Trinajstić information content (AvgIpc) is 2.40. The molecule has 1 N–H and O–H groups in total. The summed E-state index contributed by atoms with van der Waals surface area (Å²) in [4.78, 5) is 24.2. The summed E-state index contributed by atoms with van der Waals surface area (Å²) in [6.45, 7) is 7.08. The Morgan fingerprint density at radius 1 is 1.30 bits per heavy atom. The Kier molecular flexibility index (Phi) is 5.06. The van der Waals surface area contributed by atoms with E-state index in [-0.39, 0.29) is 17.8 Å². The number of carbonyl (C=O) groups excluding carboxylic acids is 2. The molecule has 1 heterocycles. The predicted octanol–water partition coefficient (Wildman–Crippen LogP) is 2.52. The Bertz CT molecular complexity index is 367. The number of amides is 1. The second kappa shape index (κ2) is 6.59. The monoisotopic (exact) mass is 281 g/mol. The largest absolute Gasteiger partial charge is 0.464 e. The molecule has 0 radical (unpaired) electrons. The van der Waals surface area contributed by atoms with Crippen LogP contribution in [0.4, 0.5) is 0 Å². The van der Waals surface area contributed by atoms with Gasteiger partial charge in [0.15, 0.2) is 0 Å². The molecular weight excluding hydrogens is 254 g/mol. The first-order chi connectivity index (χ1) is 9.49. The maximum atomic E-state index is 12.6. The van der Waals surface area contributed by atoms with Crippen LogP contribution in [-0.4, -0.2) is 24.5 Å². The van der Waals surface area contributed by atoms with Crippen molar-refractivity contribution in [2.75, 3.05) is 6.61 Å². The molecule has 114 valence electrons. The molecule has 4 heteroatoms. The third-order valence-electron chi connectivity index (χ3n) is 4.84. The molecule has 0 aromatic rings. The van der Waals surface area contributed by atoms with Crippen molar-refractivity contribution in [1.82, 2.24) is 5.32 Å². The van der Waals surface area contributed by atoms with Gasteiger partial charge in [-0.3, -0.25) is 4.79 Å². The molecule has 0 spiro atoms. The molecule has 4 atom stereocenters. The van der Waals surface area contributed by atoms with Crippen molar-refractivity contribution >= 4 is 11.9 Å². The van der Waals surface area contributed by atoms with Crippen molar-refractivity contribution in [3.63, 3.8) is 0 Å². The lowest BCUT2D eigenvalue weighted by atomic mass is 9.69. The van der Waals surface area contributed by atoms with Gasteiger partial charge in [0, 0.05) is 5.92 Å². The zero-order valence-corrected chi connectivity index (χ0v) is 12.9. The van der Waals surface area contributed by atoms with Gasteiger partial charge in [-0.05, 0) is 43.4 Å². The van der Waals surface area contributed by atoms with Gasteiger partial charge in [-0.25, -0.2) is 4.79 Å². The van der Waals surface area contributed by atoms with Crippen molar-refractivity contribution in [2.24, 2.45) is 23.7 Å². The number of rotatable bonds is 3. The highest BCUT2D eigenvalue weighted by Gasteiger charge is 2.37. The highest BCUT2D eigenvalue weighted by molar-refractivity contribution is 5.86. The van der Waals surface area contributed by atoms with Crippen LogP contribution in [0.25, 0.3) is 0 Å². The van der Waals surface area contributed by atoms with Crippen LogP contribution in [0.1, 0.15) is 52.9 Å². The molecule has 0 unspecified atom stereocenters. The van der Waals surface area contributed by atoms with Crippen LogP contribution < -0.4 is 5.32 Å². The summed E-state index contributed by atoms with van der Waals surface area (Å²) < 4.78 is 5.02. The standard InChI is InChI=1S/C16H27NO3/c1-10(2)12-7-6-11(3)9-13(12)15(18)17-14-5-4-8-20-16(14)19/h10-14H,4-9H2,1-3H3,(H,17,18)/t11-,12+,13-,14+/m1/s1. The van der Waals surface area contributed by atoms with Crippen LogP contribution in [-0.2, 0) is 14.3 Å². The second-order valence-electron chi connectivity index (χ2n) is 6.80. The second-order valence-corrected chi connectivity index (χ2v) is 6.80. The SMILES string of the molecule is CC(C)[C@@H]1CC[C@@H](C)C[C@H]1C(=O)N[C@H]1CCCOC1=O. The summed E-state index contributed by atoms with van der Waals surface area (Å²) in [5.41, 5.74) is 0. The highest BCUT2D eigenvalue weighted by atomic mass is 16.5. The minimum atomic E-state index is -0.429. The fourth-order valence-corrected chi connectivity index (χ4v) is 3.59. The van der Waals surface area contributed by atoms with Gasteiger partial charge in [-0.1, -0.05) is 27.2 Å². The number of carbonyl (C=O) groups is 2. The minimum Gasteiger partial charge on any atom is -0.464 e. The van der Waals surface area contributed by atoms with E-state index in [1.807, 2.05) is 0 Å². The highest BCUT2D eigenvalue weighted by Crippen LogP contribution is 2.38. The number of hydrogen-bond donors (Lipinski definition) is 1. The number of esters is 1. The van der Waals surface area contributed by atoms with E-state index >= 15 is 0 Å². The molecule has 1 aliphatic heterocycles. The minimum absolute atomic E-state index is 0.0495. The molecule has 1 aliphatic carbocycles. The van der Waals surface area contributed by atoms with Crippen molar-refractivity contribution in [2.45, 2.75) is 58.9 Å². The van der Waals surface area contributed by atoms with E-state index in [9.17, 15) is 9.59 Å². The van der Waals surface area contributed by atoms with E-state index in [4.69, 9.17) is 4.74 Å². The predicted molar refractivity (Wildman–Crippen MR) is 77.0 cm³/mol. The van der Waals surface area contributed by atoms with Crippen LogP contribution in [0.5, 0.6) is 0 Å². The fourth-order valence-electron chi connectivity index (χ4n) is 3.59.